The topological polar surface area (TPSA) is 76.2 Å². The second-order valence-electron chi connectivity index (χ2n) is 7.16. The summed E-state index contributed by atoms with van der Waals surface area (Å²) in [7, 11) is 0. The smallest absolute Gasteiger partial charge is 0.335 e. The number of hydrogen-bond donors (Lipinski definition) is 2. The first-order valence-corrected chi connectivity index (χ1v) is 10.4. The fourth-order valence-electron chi connectivity index (χ4n) is 3.19. The van der Waals surface area contributed by atoms with Gasteiger partial charge in [0.05, 0.1) is 16.6 Å². The number of pyridine rings is 1. The number of unbranched alkanes of at least 4 members (excludes halogenated alkanes) is 7. The summed E-state index contributed by atoms with van der Waals surface area (Å²) in [5.41, 5.74) is 7.41. The van der Waals surface area contributed by atoms with Gasteiger partial charge >= 0.3 is 5.97 Å². The number of carbonyl (C=O) groups is 1. The summed E-state index contributed by atoms with van der Waals surface area (Å²) >= 11 is 0. The van der Waals surface area contributed by atoms with Crippen molar-refractivity contribution in [2.75, 3.05) is 6.54 Å². The first-order valence-electron chi connectivity index (χ1n) is 10.4. The summed E-state index contributed by atoms with van der Waals surface area (Å²) in [6, 6.07) is 14.7. The molecule has 4 heteroatoms. The van der Waals surface area contributed by atoms with Gasteiger partial charge < -0.3 is 10.8 Å². The molecule has 0 spiro atoms. The molecule has 1 aromatic heterocycles. The number of carboxylic acids is 1. The summed E-state index contributed by atoms with van der Waals surface area (Å²) in [5.74, 6) is -0.917. The Balaban J connectivity index is 0.000000224. The van der Waals surface area contributed by atoms with E-state index in [0.29, 0.717) is 0 Å². The first kappa shape index (κ1) is 21.8. The zero-order chi connectivity index (χ0) is 20.2. The van der Waals surface area contributed by atoms with Crippen LogP contribution >= 0.6 is 0 Å². The Hall–Kier alpha value is -2.46. The standard InChI is InChI=1S/C14H9NO2.C10H23N/c16-14(17)10-5-6-13-11(8-10)7-9-3-1-2-4-12(9)15-13;1-2-3-4-5-6-7-8-9-10-11/h1-8H,(H,16,17);2-11H2,1H3. The van der Waals surface area contributed by atoms with Gasteiger partial charge in [0.25, 0.3) is 0 Å². The molecule has 4 nitrogen and oxygen atoms in total. The Labute approximate surface area is 167 Å². The summed E-state index contributed by atoms with van der Waals surface area (Å²) in [6.07, 6.45) is 11.0. The molecule has 0 unspecified atom stereocenters. The van der Waals surface area contributed by atoms with Crippen LogP contribution in [0.25, 0.3) is 21.8 Å². The Morgan fingerprint density at radius 1 is 0.857 bits per heavy atom. The largest absolute Gasteiger partial charge is 0.478 e. The molecule has 0 saturated carbocycles. The lowest BCUT2D eigenvalue weighted by Gasteiger charge is -2.02. The summed E-state index contributed by atoms with van der Waals surface area (Å²) in [6.45, 7) is 3.13. The number of nitrogens with two attached hydrogens (primary N) is 1. The molecule has 0 amide bonds. The van der Waals surface area contributed by atoms with Gasteiger partial charge in [0.2, 0.25) is 0 Å². The van der Waals surface area contributed by atoms with E-state index in [4.69, 9.17) is 10.8 Å². The molecule has 0 fully saturated rings. The van der Waals surface area contributed by atoms with Crippen LogP contribution in [0.2, 0.25) is 0 Å². The van der Waals surface area contributed by atoms with Gasteiger partial charge in [-0.1, -0.05) is 70.1 Å². The van der Waals surface area contributed by atoms with Crippen LogP contribution in [0.3, 0.4) is 0 Å². The minimum Gasteiger partial charge on any atom is -0.478 e. The molecular formula is C24H32N2O2. The van der Waals surface area contributed by atoms with Crippen molar-refractivity contribution in [2.45, 2.75) is 58.3 Å². The molecule has 0 bridgehead atoms. The fraction of sp³-hybridized carbons (Fsp3) is 0.417. The third-order valence-electron chi connectivity index (χ3n) is 4.82. The monoisotopic (exact) mass is 380 g/mol. The molecule has 0 saturated heterocycles. The third kappa shape index (κ3) is 6.93. The highest BCUT2D eigenvalue weighted by atomic mass is 16.4. The van der Waals surface area contributed by atoms with Gasteiger partial charge in [-0.3, -0.25) is 0 Å². The van der Waals surface area contributed by atoms with Crippen LogP contribution in [-0.4, -0.2) is 22.6 Å². The Morgan fingerprint density at radius 2 is 1.50 bits per heavy atom. The van der Waals surface area contributed by atoms with Crippen molar-refractivity contribution in [2.24, 2.45) is 5.73 Å². The molecule has 3 N–H and O–H groups in total. The number of fused-ring (bicyclic) bond motifs is 2. The molecule has 3 rings (SSSR count). The zero-order valence-corrected chi connectivity index (χ0v) is 16.9. The zero-order valence-electron chi connectivity index (χ0n) is 16.9. The molecule has 0 aliphatic rings. The van der Waals surface area contributed by atoms with Crippen molar-refractivity contribution in [3.8, 4) is 0 Å². The maximum Gasteiger partial charge on any atom is 0.335 e. The molecule has 3 aromatic rings. The number of para-hydroxylation sites is 1. The predicted molar refractivity (Wildman–Crippen MR) is 118 cm³/mol. The average molecular weight is 381 g/mol. The first-order chi connectivity index (χ1) is 13.7. The number of aromatic nitrogens is 1. The SMILES string of the molecule is CCCCCCCCCCN.O=C(O)c1ccc2nc3ccccc3cc2c1. The highest BCUT2D eigenvalue weighted by Gasteiger charge is 2.05. The molecule has 2 aromatic carbocycles. The van der Waals surface area contributed by atoms with Gasteiger partial charge in [-0.05, 0) is 43.3 Å². The number of aromatic carboxylic acids is 1. The number of carboxylic acid groups (broad SMARTS) is 1. The number of rotatable bonds is 9. The predicted octanol–water partition coefficient (Wildman–Crippen LogP) is 6.17. The number of benzene rings is 2. The molecular weight excluding hydrogens is 348 g/mol. The number of hydrogen-bond acceptors (Lipinski definition) is 3. The van der Waals surface area contributed by atoms with Gasteiger partial charge in [-0.2, -0.15) is 0 Å². The highest BCUT2D eigenvalue weighted by Crippen LogP contribution is 2.20. The lowest BCUT2D eigenvalue weighted by molar-refractivity contribution is 0.0697. The van der Waals surface area contributed by atoms with Crippen molar-refractivity contribution >= 4 is 27.8 Å². The van der Waals surface area contributed by atoms with Crippen molar-refractivity contribution in [1.29, 1.82) is 0 Å². The van der Waals surface area contributed by atoms with Crippen molar-refractivity contribution in [3.05, 3.63) is 54.1 Å². The lowest BCUT2D eigenvalue weighted by Crippen LogP contribution is -1.97. The van der Waals surface area contributed by atoms with E-state index in [2.05, 4.69) is 11.9 Å². The summed E-state index contributed by atoms with van der Waals surface area (Å²) < 4.78 is 0. The molecule has 0 aliphatic heterocycles. The highest BCUT2D eigenvalue weighted by molar-refractivity contribution is 5.97. The quantitative estimate of drug-likeness (QED) is 0.344. The van der Waals surface area contributed by atoms with Gasteiger partial charge in [-0.15, -0.1) is 0 Å². The van der Waals surface area contributed by atoms with E-state index in [1.54, 1.807) is 18.2 Å². The van der Waals surface area contributed by atoms with Crippen LogP contribution in [0.15, 0.2) is 48.5 Å². The van der Waals surface area contributed by atoms with Crippen molar-refractivity contribution in [3.63, 3.8) is 0 Å². The van der Waals surface area contributed by atoms with Crippen LogP contribution in [-0.2, 0) is 0 Å². The number of nitrogens with zero attached hydrogens (tertiary/aromatic N) is 1. The van der Waals surface area contributed by atoms with E-state index >= 15 is 0 Å². The van der Waals surface area contributed by atoms with E-state index in [9.17, 15) is 4.79 Å². The van der Waals surface area contributed by atoms with E-state index < -0.39 is 5.97 Å². The molecule has 150 valence electrons. The second-order valence-corrected chi connectivity index (χ2v) is 7.16. The Kier molecular flexibility index (Phi) is 9.43. The molecule has 28 heavy (non-hydrogen) atoms. The Morgan fingerprint density at radius 3 is 2.18 bits per heavy atom. The van der Waals surface area contributed by atoms with Crippen molar-refractivity contribution < 1.29 is 9.90 Å². The average Bonchev–Trinajstić information content (AvgIpc) is 2.71. The van der Waals surface area contributed by atoms with Gasteiger partial charge in [-0.25, -0.2) is 9.78 Å². The van der Waals surface area contributed by atoms with Crippen LogP contribution < -0.4 is 5.73 Å². The second kappa shape index (κ2) is 12.1. The minimum absolute atomic E-state index is 0.287. The van der Waals surface area contributed by atoms with E-state index in [0.717, 1.165) is 28.4 Å². The molecule has 0 atom stereocenters. The van der Waals surface area contributed by atoms with Crippen LogP contribution in [0.4, 0.5) is 0 Å². The van der Waals surface area contributed by atoms with Crippen LogP contribution in [0.5, 0.6) is 0 Å². The van der Waals surface area contributed by atoms with E-state index in [1.165, 1.54) is 51.4 Å². The van der Waals surface area contributed by atoms with Crippen LogP contribution in [0.1, 0.15) is 68.6 Å². The summed E-state index contributed by atoms with van der Waals surface area (Å²) in [5, 5.41) is 10.8. The van der Waals surface area contributed by atoms with E-state index in [-0.39, 0.29) is 5.56 Å². The molecule has 0 radical (unpaired) electrons. The van der Waals surface area contributed by atoms with Gasteiger partial charge in [0.15, 0.2) is 0 Å². The van der Waals surface area contributed by atoms with Gasteiger partial charge in [0.1, 0.15) is 0 Å². The lowest BCUT2D eigenvalue weighted by atomic mass is 10.1. The minimum atomic E-state index is -0.917. The van der Waals surface area contributed by atoms with E-state index in [1.807, 2.05) is 30.3 Å². The Bertz CT molecular complexity index is 869. The summed E-state index contributed by atoms with van der Waals surface area (Å²) in [4.78, 5) is 15.4. The fourth-order valence-corrected chi connectivity index (χ4v) is 3.19. The normalized spacial score (nSPS) is 10.6. The maximum absolute atomic E-state index is 10.9. The van der Waals surface area contributed by atoms with Crippen LogP contribution in [0, 0.1) is 0 Å². The molecule has 1 heterocycles. The van der Waals surface area contributed by atoms with Gasteiger partial charge in [0, 0.05) is 10.8 Å². The third-order valence-corrected chi connectivity index (χ3v) is 4.82. The maximum atomic E-state index is 10.9. The van der Waals surface area contributed by atoms with Crippen molar-refractivity contribution in [1.82, 2.24) is 4.98 Å². The molecule has 0 aliphatic carbocycles.